The minimum Gasteiger partial charge on any atom is -0.388 e. The molecule has 1 aliphatic rings. The van der Waals surface area contributed by atoms with Crippen LogP contribution in [0.15, 0.2) is 18.3 Å². The van der Waals surface area contributed by atoms with Crippen molar-refractivity contribution < 1.29 is 5.11 Å². The van der Waals surface area contributed by atoms with Crippen molar-refractivity contribution in [2.24, 2.45) is 0 Å². The molecular formula is C13H21N3O. The summed E-state index contributed by atoms with van der Waals surface area (Å²) in [6, 6.07) is 3.66. The fourth-order valence-corrected chi connectivity index (χ4v) is 2.39. The second kappa shape index (κ2) is 5.36. The van der Waals surface area contributed by atoms with Crippen molar-refractivity contribution in [3.8, 4) is 0 Å². The molecule has 2 rings (SSSR count). The van der Waals surface area contributed by atoms with Gasteiger partial charge in [-0.25, -0.2) is 4.98 Å². The normalized spacial score (nSPS) is 19.6. The van der Waals surface area contributed by atoms with Crippen LogP contribution in [0.4, 0.5) is 11.5 Å². The Bertz CT molecular complexity index is 359. The van der Waals surface area contributed by atoms with Crippen molar-refractivity contribution in [1.82, 2.24) is 4.98 Å². The zero-order valence-electron chi connectivity index (χ0n) is 10.2. The largest absolute Gasteiger partial charge is 0.388 e. The third kappa shape index (κ3) is 3.60. The van der Waals surface area contributed by atoms with Gasteiger partial charge in [0.2, 0.25) is 0 Å². The third-order valence-corrected chi connectivity index (χ3v) is 3.44. The lowest BCUT2D eigenvalue weighted by Crippen LogP contribution is -2.36. The summed E-state index contributed by atoms with van der Waals surface area (Å²) in [6.45, 7) is 0.594. The molecule has 4 heteroatoms. The molecule has 0 bridgehead atoms. The van der Waals surface area contributed by atoms with Crippen LogP contribution in [0.1, 0.15) is 38.5 Å². The van der Waals surface area contributed by atoms with Crippen LogP contribution in [0.25, 0.3) is 0 Å². The number of hydrogen-bond acceptors (Lipinski definition) is 4. The maximum atomic E-state index is 10.5. The van der Waals surface area contributed by atoms with Crippen molar-refractivity contribution in [2.75, 3.05) is 17.6 Å². The monoisotopic (exact) mass is 235 g/mol. The number of nitrogen functional groups attached to an aromatic ring is 1. The molecule has 17 heavy (non-hydrogen) atoms. The molecule has 1 aromatic rings. The predicted molar refractivity (Wildman–Crippen MR) is 69.8 cm³/mol. The van der Waals surface area contributed by atoms with Crippen LogP contribution in [0.5, 0.6) is 0 Å². The Balaban J connectivity index is 1.92. The molecule has 0 unspecified atom stereocenters. The van der Waals surface area contributed by atoms with Gasteiger partial charge < -0.3 is 16.2 Å². The van der Waals surface area contributed by atoms with Crippen molar-refractivity contribution >= 4 is 11.5 Å². The Morgan fingerprint density at radius 2 is 2.00 bits per heavy atom. The molecule has 1 saturated carbocycles. The summed E-state index contributed by atoms with van der Waals surface area (Å²) in [4.78, 5) is 3.94. The lowest BCUT2D eigenvalue weighted by molar-refractivity contribution is 0.0381. The van der Waals surface area contributed by atoms with Crippen molar-refractivity contribution in [3.05, 3.63) is 18.3 Å². The predicted octanol–water partition coefficient (Wildman–Crippen LogP) is 2.16. The molecule has 0 amide bonds. The van der Waals surface area contributed by atoms with Crippen molar-refractivity contribution in [2.45, 2.75) is 44.1 Å². The van der Waals surface area contributed by atoms with Crippen LogP contribution in [-0.2, 0) is 0 Å². The second-order valence-corrected chi connectivity index (χ2v) is 4.96. The molecule has 0 radical (unpaired) electrons. The Morgan fingerprint density at radius 1 is 1.29 bits per heavy atom. The van der Waals surface area contributed by atoms with Crippen LogP contribution < -0.4 is 11.1 Å². The van der Waals surface area contributed by atoms with Crippen molar-refractivity contribution in [1.29, 1.82) is 0 Å². The quantitative estimate of drug-likeness (QED) is 0.702. The van der Waals surface area contributed by atoms with Gasteiger partial charge >= 0.3 is 0 Å². The van der Waals surface area contributed by atoms with Crippen LogP contribution in [-0.4, -0.2) is 22.2 Å². The third-order valence-electron chi connectivity index (χ3n) is 3.44. The van der Waals surface area contributed by atoms with Gasteiger partial charge in [0.15, 0.2) is 0 Å². The topological polar surface area (TPSA) is 71.2 Å². The van der Waals surface area contributed by atoms with Gasteiger partial charge in [0.25, 0.3) is 0 Å². The summed E-state index contributed by atoms with van der Waals surface area (Å²) in [5, 5.41) is 13.7. The van der Waals surface area contributed by atoms with Crippen LogP contribution in [0, 0.1) is 0 Å². The standard InChI is InChI=1S/C13H21N3O/c14-12-9-11(5-8-15-12)16-10-13(17)6-3-1-2-4-7-13/h5,8-9,17H,1-4,6-7,10H2,(H3,14,15,16). The number of aliphatic hydroxyl groups is 1. The molecule has 1 fully saturated rings. The average Bonchev–Trinajstić information content (AvgIpc) is 2.53. The minimum atomic E-state index is -0.561. The molecule has 0 spiro atoms. The van der Waals surface area contributed by atoms with Gasteiger partial charge in [0.1, 0.15) is 5.82 Å². The molecule has 4 N–H and O–H groups in total. The lowest BCUT2D eigenvalue weighted by Gasteiger charge is -2.27. The first-order valence-electron chi connectivity index (χ1n) is 6.36. The minimum absolute atomic E-state index is 0.503. The number of nitrogens with two attached hydrogens (primary N) is 1. The molecule has 4 nitrogen and oxygen atoms in total. The zero-order valence-corrected chi connectivity index (χ0v) is 10.2. The number of rotatable bonds is 3. The van der Waals surface area contributed by atoms with E-state index in [0.29, 0.717) is 12.4 Å². The Morgan fingerprint density at radius 3 is 2.65 bits per heavy atom. The highest BCUT2D eigenvalue weighted by Crippen LogP contribution is 2.27. The molecular weight excluding hydrogens is 214 g/mol. The lowest BCUT2D eigenvalue weighted by atomic mass is 9.94. The molecule has 94 valence electrons. The number of aromatic nitrogens is 1. The number of anilines is 2. The molecule has 1 heterocycles. The summed E-state index contributed by atoms with van der Waals surface area (Å²) < 4.78 is 0. The van der Waals surface area contributed by atoms with E-state index in [2.05, 4.69) is 10.3 Å². The maximum Gasteiger partial charge on any atom is 0.125 e. The van der Waals surface area contributed by atoms with E-state index in [1.807, 2.05) is 6.07 Å². The first-order valence-corrected chi connectivity index (χ1v) is 6.36. The molecule has 0 atom stereocenters. The van der Waals surface area contributed by atoms with Gasteiger partial charge in [0, 0.05) is 24.5 Å². The van der Waals surface area contributed by atoms with Crippen LogP contribution in [0.3, 0.4) is 0 Å². The highest BCUT2D eigenvalue weighted by molar-refractivity contribution is 5.49. The smallest absolute Gasteiger partial charge is 0.125 e. The fraction of sp³-hybridized carbons (Fsp3) is 0.615. The SMILES string of the molecule is Nc1cc(NCC2(O)CCCCCC2)ccn1. The molecule has 0 aliphatic heterocycles. The van der Waals surface area contributed by atoms with Gasteiger partial charge in [-0.1, -0.05) is 25.7 Å². The maximum absolute atomic E-state index is 10.5. The van der Waals surface area contributed by atoms with E-state index >= 15 is 0 Å². The zero-order chi connectivity index (χ0) is 12.1. The number of hydrogen-bond donors (Lipinski definition) is 3. The summed E-state index contributed by atoms with van der Waals surface area (Å²) >= 11 is 0. The van der Waals surface area contributed by atoms with E-state index in [0.717, 1.165) is 31.4 Å². The highest BCUT2D eigenvalue weighted by atomic mass is 16.3. The molecule has 0 aromatic carbocycles. The van der Waals surface area contributed by atoms with Gasteiger partial charge in [-0.3, -0.25) is 0 Å². The van der Waals surface area contributed by atoms with Crippen LogP contribution in [0.2, 0.25) is 0 Å². The van der Waals surface area contributed by atoms with E-state index in [-0.39, 0.29) is 0 Å². The Labute approximate surface area is 102 Å². The summed E-state index contributed by atoms with van der Waals surface area (Å²) in [6.07, 6.45) is 8.18. The average molecular weight is 235 g/mol. The summed E-state index contributed by atoms with van der Waals surface area (Å²) in [5.74, 6) is 0.503. The summed E-state index contributed by atoms with van der Waals surface area (Å²) in [5.41, 5.74) is 5.98. The van der Waals surface area contributed by atoms with Gasteiger partial charge in [-0.05, 0) is 18.9 Å². The molecule has 1 aromatic heterocycles. The van der Waals surface area contributed by atoms with Gasteiger partial charge in [0.05, 0.1) is 5.60 Å². The number of nitrogens with zero attached hydrogens (tertiary/aromatic N) is 1. The van der Waals surface area contributed by atoms with E-state index in [9.17, 15) is 5.11 Å². The fourth-order valence-electron chi connectivity index (χ4n) is 2.39. The molecule has 1 aliphatic carbocycles. The first-order chi connectivity index (χ1) is 8.18. The Hall–Kier alpha value is -1.29. The molecule has 0 saturated heterocycles. The summed E-state index contributed by atoms with van der Waals surface area (Å²) in [7, 11) is 0. The van der Waals surface area contributed by atoms with E-state index in [1.54, 1.807) is 12.3 Å². The first kappa shape index (κ1) is 12.2. The van der Waals surface area contributed by atoms with Crippen molar-refractivity contribution in [3.63, 3.8) is 0 Å². The van der Waals surface area contributed by atoms with E-state index in [4.69, 9.17) is 5.73 Å². The number of pyridine rings is 1. The highest BCUT2D eigenvalue weighted by Gasteiger charge is 2.27. The number of nitrogens with one attached hydrogen (secondary N) is 1. The second-order valence-electron chi connectivity index (χ2n) is 4.96. The van der Waals surface area contributed by atoms with E-state index < -0.39 is 5.60 Å². The Kier molecular flexibility index (Phi) is 3.84. The van der Waals surface area contributed by atoms with E-state index in [1.165, 1.54) is 12.8 Å². The van der Waals surface area contributed by atoms with Crippen LogP contribution >= 0.6 is 0 Å². The van der Waals surface area contributed by atoms with Gasteiger partial charge in [-0.15, -0.1) is 0 Å². The van der Waals surface area contributed by atoms with Gasteiger partial charge in [-0.2, -0.15) is 0 Å².